The Morgan fingerprint density at radius 3 is 2.38 bits per heavy atom. The van der Waals surface area contributed by atoms with Crippen molar-refractivity contribution >= 4 is 29.1 Å². The van der Waals surface area contributed by atoms with Gasteiger partial charge >= 0.3 is 0 Å². The van der Waals surface area contributed by atoms with Crippen molar-refractivity contribution in [1.29, 1.82) is 0 Å². The van der Waals surface area contributed by atoms with Crippen LogP contribution in [0.5, 0.6) is 0 Å². The van der Waals surface area contributed by atoms with Crippen LogP contribution in [0.4, 0.5) is 8.78 Å². The molecule has 88 valence electrons. The molecule has 1 aromatic carbocycles. The average molecular weight is 268 g/mol. The van der Waals surface area contributed by atoms with E-state index in [0.717, 1.165) is 0 Å². The lowest BCUT2D eigenvalue weighted by molar-refractivity contribution is -0.120. The summed E-state index contributed by atoms with van der Waals surface area (Å²) in [5.41, 5.74) is -0.202. The summed E-state index contributed by atoms with van der Waals surface area (Å²) in [5, 5.41) is 2.41. The molecule has 1 rings (SSSR count). The second-order valence-corrected chi connectivity index (χ2v) is 3.83. The van der Waals surface area contributed by atoms with Gasteiger partial charge in [0.1, 0.15) is 5.88 Å². The minimum Gasteiger partial charge on any atom is -0.349 e. The summed E-state index contributed by atoms with van der Waals surface area (Å²) in [6, 6.07) is 5.17. The van der Waals surface area contributed by atoms with Crippen LogP contribution in [0.15, 0.2) is 24.3 Å². The van der Waals surface area contributed by atoms with E-state index in [0.29, 0.717) is 5.02 Å². The van der Waals surface area contributed by atoms with Crippen LogP contribution in [0, 0.1) is 0 Å². The molecule has 0 spiro atoms. The van der Waals surface area contributed by atoms with E-state index in [1.807, 2.05) is 5.32 Å². The monoisotopic (exact) mass is 267 g/mol. The number of hydrogen-bond acceptors (Lipinski definition) is 1. The first kappa shape index (κ1) is 13.2. The van der Waals surface area contributed by atoms with Gasteiger partial charge in [-0.05, 0) is 12.1 Å². The molecule has 0 unspecified atom stereocenters. The smallest absolute Gasteiger partial charge is 0.290 e. The average Bonchev–Trinajstić information content (AvgIpc) is 2.26. The molecule has 6 heteroatoms. The van der Waals surface area contributed by atoms with Crippen molar-refractivity contribution in [3.05, 3.63) is 34.9 Å². The number of amides is 1. The zero-order chi connectivity index (χ0) is 12.2. The molecule has 2 nitrogen and oxygen atoms in total. The number of alkyl halides is 3. The molecule has 1 aromatic rings. The number of rotatable bonds is 4. The molecule has 0 saturated heterocycles. The Kier molecular flexibility index (Phi) is 4.50. The van der Waals surface area contributed by atoms with Gasteiger partial charge in [0.15, 0.2) is 0 Å². The van der Waals surface area contributed by atoms with Crippen LogP contribution < -0.4 is 5.32 Å². The number of benzene rings is 1. The highest BCUT2D eigenvalue weighted by molar-refractivity contribution is 6.30. The van der Waals surface area contributed by atoms with Gasteiger partial charge in [0.25, 0.3) is 5.92 Å². The molecule has 1 N–H and O–H groups in total. The molecule has 0 heterocycles. The summed E-state index contributed by atoms with van der Waals surface area (Å²) in [4.78, 5) is 10.7. The third kappa shape index (κ3) is 3.61. The van der Waals surface area contributed by atoms with E-state index in [1.54, 1.807) is 0 Å². The van der Waals surface area contributed by atoms with Crippen LogP contribution in [-0.4, -0.2) is 18.3 Å². The number of nitrogens with one attached hydrogen (secondary N) is 1. The molecule has 0 aromatic heterocycles. The third-order valence-corrected chi connectivity index (χ3v) is 2.39. The van der Waals surface area contributed by atoms with E-state index in [9.17, 15) is 13.6 Å². The summed E-state index contributed by atoms with van der Waals surface area (Å²) in [6.07, 6.45) is 0. The summed E-state index contributed by atoms with van der Waals surface area (Å²) < 4.78 is 27.0. The maximum Gasteiger partial charge on any atom is 0.290 e. The van der Waals surface area contributed by atoms with Crippen molar-refractivity contribution in [1.82, 2.24) is 5.32 Å². The number of halogens is 4. The van der Waals surface area contributed by atoms with Crippen LogP contribution in [0.2, 0.25) is 5.02 Å². The van der Waals surface area contributed by atoms with Gasteiger partial charge in [-0.2, -0.15) is 8.78 Å². The fourth-order valence-electron chi connectivity index (χ4n) is 1.05. The molecule has 1 amide bonds. The molecule has 0 fully saturated rings. The second kappa shape index (κ2) is 5.46. The molecular formula is C10H9Cl2F2NO. The van der Waals surface area contributed by atoms with Crippen molar-refractivity contribution in [2.45, 2.75) is 5.92 Å². The summed E-state index contributed by atoms with van der Waals surface area (Å²) in [5.74, 6) is -4.10. The molecule has 0 aliphatic rings. The molecule has 0 bridgehead atoms. The Balaban J connectivity index is 2.69. The first-order valence-corrected chi connectivity index (χ1v) is 5.33. The quantitative estimate of drug-likeness (QED) is 0.836. The van der Waals surface area contributed by atoms with Crippen LogP contribution in [0.3, 0.4) is 0 Å². The highest BCUT2D eigenvalue weighted by atomic mass is 35.5. The van der Waals surface area contributed by atoms with Crippen molar-refractivity contribution in [2.75, 3.05) is 12.4 Å². The van der Waals surface area contributed by atoms with Crippen LogP contribution in [0.1, 0.15) is 5.56 Å². The largest absolute Gasteiger partial charge is 0.349 e. The van der Waals surface area contributed by atoms with E-state index in [2.05, 4.69) is 0 Å². The molecule has 16 heavy (non-hydrogen) atoms. The van der Waals surface area contributed by atoms with Gasteiger partial charge in [0.05, 0.1) is 6.54 Å². The zero-order valence-electron chi connectivity index (χ0n) is 8.14. The minimum atomic E-state index is -3.13. The molecule has 0 atom stereocenters. The second-order valence-electron chi connectivity index (χ2n) is 3.12. The van der Waals surface area contributed by atoms with E-state index in [-0.39, 0.29) is 11.4 Å². The standard InChI is InChI=1S/C10H9Cl2F2NO/c11-5-9(16)15-6-10(13,14)7-1-3-8(12)4-2-7/h1-4H,5-6H2,(H,15,16). The van der Waals surface area contributed by atoms with E-state index < -0.39 is 18.4 Å². The Bertz CT molecular complexity index is 368. The lowest BCUT2D eigenvalue weighted by atomic mass is 10.1. The van der Waals surface area contributed by atoms with Crippen LogP contribution in [-0.2, 0) is 10.7 Å². The number of carbonyl (C=O) groups is 1. The van der Waals surface area contributed by atoms with Gasteiger partial charge in [-0.15, -0.1) is 11.6 Å². The van der Waals surface area contributed by atoms with E-state index >= 15 is 0 Å². The highest BCUT2D eigenvalue weighted by Crippen LogP contribution is 2.27. The third-order valence-electron chi connectivity index (χ3n) is 1.90. The SMILES string of the molecule is O=C(CCl)NCC(F)(F)c1ccc(Cl)cc1. The first-order chi connectivity index (χ1) is 7.45. The van der Waals surface area contributed by atoms with Gasteiger partial charge in [0.2, 0.25) is 5.91 Å². The normalized spacial score (nSPS) is 11.2. The fourth-order valence-corrected chi connectivity index (χ4v) is 1.27. The Labute approximate surface area is 102 Å². The van der Waals surface area contributed by atoms with Gasteiger partial charge in [0, 0.05) is 10.6 Å². The maximum absolute atomic E-state index is 13.5. The van der Waals surface area contributed by atoms with Crippen molar-refractivity contribution in [3.8, 4) is 0 Å². The molecule has 0 saturated carbocycles. The van der Waals surface area contributed by atoms with Gasteiger partial charge < -0.3 is 5.32 Å². The first-order valence-electron chi connectivity index (χ1n) is 4.42. The fraction of sp³-hybridized carbons (Fsp3) is 0.300. The summed E-state index contributed by atoms with van der Waals surface area (Å²) >= 11 is 10.8. The van der Waals surface area contributed by atoms with Crippen LogP contribution >= 0.6 is 23.2 Å². The molecule has 0 radical (unpaired) electrons. The predicted molar refractivity (Wildman–Crippen MR) is 59.1 cm³/mol. The van der Waals surface area contributed by atoms with Crippen molar-refractivity contribution < 1.29 is 13.6 Å². The van der Waals surface area contributed by atoms with Crippen LogP contribution in [0.25, 0.3) is 0 Å². The number of hydrogen-bond donors (Lipinski definition) is 1. The molecular weight excluding hydrogens is 259 g/mol. The molecule has 0 aliphatic heterocycles. The van der Waals surface area contributed by atoms with Crippen molar-refractivity contribution in [2.24, 2.45) is 0 Å². The summed E-state index contributed by atoms with van der Waals surface area (Å²) in [6.45, 7) is -0.778. The number of carbonyl (C=O) groups excluding carboxylic acids is 1. The van der Waals surface area contributed by atoms with Crippen molar-refractivity contribution in [3.63, 3.8) is 0 Å². The van der Waals surface area contributed by atoms with E-state index in [4.69, 9.17) is 23.2 Å². The Hall–Kier alpha value is -0.870. The summed E-state index contributed by atoms with van der Waals surface area (Å²) in [7, 11) is 0. The molecule has 0 aliphatic carbocycles. The Morgan fingerprint density at radius 1 is 1.31 bits per heavy atom. The van der Waals surface area contributed by atoms with E-state index in [1.165, 1.54) is 24.3 Å². The predicted octanol–water partition coefficient (Wildman–Crippen LogP) is 2.79. The van der Waals surface area contributed by atoms with Gasteiger partial charge in [-0.1, -0.05) is 23.7 Å². The lowest BCUT2D eigenvalue weighted by Gasteiger charge is -2.17. The van der Waals surface area contributed by atoms with Gasteiger partial charge in [-0.3, -0.25) is 4.79 Å². The highest BCUT2D eigenvalue weighted by Gasteiger charge is 2.31. The zero-order valence-corrected chi connectivity index (χ0v) is 9.66. The minimum absolute atomic E-state index is 0.202. The lowest BCUT2D eigenvalue weighted by Crippen LogP contribution is -2.35. The Morgan fingerprint density at radius 2 is 1.88 bits per heavy atom. The van der Waals surface area contributed by atoms with Gasteiger partial charge in [-0.25, -0.2) is 0 Å². The topological polar surface area (TPSA) is 29.1 Å². The maximum atomic E-state index is 13.5.